The maximum Gasteiger partial charge on any atom is 0.387 e. The number of nitrogens with zero attached hydrogens (tertiary/aromatic N) is 1. The monoisotopic (exact) mass is 380 g/mol. The summed E-state index contributed by atoms with van der Waals surface area (Å²) in [6.45, 7) is -1.89. The van der Waals surface area contributed by atoms with Crippen LogP contribution in [-0.2, 0) is 9.53 Å². The fourth-order valence-corrected chi connectivity index (χ4v) is 2.68. The highest BCUT2D eigenvalue weighted by Crippen LogP contribution is 2.31. The Morgan fingerprint density at radius 1 is 1.19 bits per heavy atom. The van der Waals surface area contributed by atoms with Gasteiger partial charge in [0.1, 0.15) is 5.75 Å². The molecular weight excluding hydrogens is 360 g/mol. The van der Waals surface area contributed by atoms with Gasteiger partial charge in [0.25, 0.3) is 0 Å². The molecule has 0 bridgehead atoms. The molecule has 1 aromatic carbocycles. The number of carbonyl (C=O) groups is 1. The number of morpholine rings is 1. The molecule has 0 spiro atoms. The number of carbonyl (C=O) groups excluding carboxylic acids is 1. The van der Waals surface area contributed by atoms with Crippen molar-refractivity contribution in [3.63, 3.8) is 0 Å². The molecule has 1 N–H and O–H groups in total. The molecule has 0 aliphatic carbocycles. The Balaban J connectivity index is 2.04. The largest absolute Gasteiger partial charge is 0.435 e. The van der Waals surface area contributed by atoms with Crippen molar-refractivity contribution in [1.82, 2.24) is 4.90 Å². The number of alkyl halides is 4. The number of halogens is 4. The highest BCUT2D eigenvalue weighted by atomic mass is 19.3. The summed E-state index contributed by atoms with van der Waals surface area (Å²) in [5.41, 5.74) is 0.0645. The van der Waals surface area contributed by atoms with Gasteiger partial charge < -0.3 is 24.4 Å². The summed E-state index contributed by atoms with van der Waals surface area (Å²) in [6, 6.07) is 3.30. The van der Waals surface area contributed by atoms with Crippen molar-refractivity contribution in [1.29, 1.82) is 0 Å². The van der Waals surface area contributed by atoms with Crippen molar-refractivity contribution in [2.24, 2.45) is 0 Å². The van der Waals surface area contributed by atoms with Crippen molar-refractivity contribution in [3.05, 3.63) is 18.2 Å². The molecule has 0 radical (unpaired) electrons. The standard InChI is InChI=1S/C16H20F4N2O4/c1-9-7-22(8-10(2)24-9)14(23)6-21-12-4-3-11(25-15(17)18)5-13(12)26-16(19)20/h3-5,9-10,15-16,21H,6-8H2,1-2H3. The summed E-state index contributed by atoms with van der Waals surface area (Å²) in [5, 5.41) is 2.69. The van der Waals surface area contributed by atoms with Crippen LogP contribution < -0.4 is 14.8 Å². The molecule has 0 aromatic heterocycles. The number of anilines is 1. The van der Waals surface area contributed by atoms with Gasteiger partial charge in [-0.2, -0.15) is 17.6 Å². The lowest BCUT2D eigenvalue weighted by Crippen LogP contribution is -2.49. The molecule has 1 saturated heterocycles. The Labute approximate surface area is 148 Å². The van der Waals surface area contributed by atoms with Gasteiger partial charge in [-0.3, -0.25) is 4.79 Å². The van der Waals surface area contributed by atoms with Crippen LogP contribution >= 0.6 is 0 Å². The Kier molecular flexibility index (Phi) is 6.90. The van der Waals surface area contributed by atoms with Crippen LogP contribution in [0.1, 0.15) is 13.8 Å². The average Bonchev–Trinajstić information content (AvgIpc) is 2.51. The minimum atomic E-state index is -3.16. The molecular formula is C16H20F4N2O4. The van der Waals surface area contributed by atoms with Crippen molar-refractivity contribution < 1.29 is 36.6 Å². The Hall–Kier alpha value is -2.23. The number of rotatable bonds is 7. The first-order valence-electron chi connectivity index (χ1n) is 7.95. The van der Waals surface area contributed by atoms with Crippen molar-refractivity contribution in [2.45, 2.75) is 39.3 Å². The first-order chi connectivity index (χ1) is 12.2. The van der Waals surface area contributed by atoms with E-state index in [0.717, 1.165) is 12.1 Å². The molecule has 1 heterocycles. The Morgan fingerprint density at radius 3 is 2.38 bits per heavy atom. The maximum atomic E-state index is 12.5. The van der Waals surface area contributed by atoms with E-state index in [1.54, 1.807) is 4.90 Å². The lowest BCUT2D eigenvalue weighted by molar-refractivity contribution is -0.141. The fraction of sp³-hybridized carbons (Fsp3) is 0.562. The van der Waals surface area contributed by atoms with Gasteiger partial charge in [-0.05, 0) is 26.0 Å². The molecule has 1 aromatic rings. The zero-order valence-corrected chi connectivity index (χ0v) is 14.3. The zero-order valence-electron chi connectivity index (χ0n) is 14.3. The smallest absolute Gasteiger partial charge is 0.387 e. The maximum absolute atomic E-state index is 12.5. The van der Waals surface area contributed by atoms with E-state index in [0.29, 0.717) is 13.1 Å². The normalized spacial score (nSPS) is 20.4. The minimum Gasteiger partial charge on any atom is -0.435 e. The van der Waals surface area contributed by atoms with Crippen LogP contribution in [0.3, 0.4) is 0 Å². The first kappa shape index (κ1) is 20.1. The third kappa shape index (κ3) is 5.94. The van der Waals surface area contributed by atoms with Gasteiger partial charge in [0.2, 0.25) is 5.91 Å². The topological polar surface area (TPSA) is 60.0 Å². The number of amides is 1. The van der Waals surface area contributed by atoms with E-state index in [9.17, 15) is 22.4 Å². The van der Waals surface area contributed by atoms with Crippen molar-refractivity contribution in [2.75, 3.05) is 25.0 Å². The van der Waals surface area contributed by atoms with E-state index in [2.05, 4.69) is 14.8 Å². The minimum absolute atomic E-state index is 0.0645. The van der Waals surface area contributed by atoms with Crippen LogP contribution in [0.2, 0.25) is 0 Å². The van der Waals surface area contributed by atoms with Crippen LogP contribution in [-0.4, -0.2) is 55.9 Å². The van der Waals surface area contributed by atoms with Crippen LogP contribution in [0.25, 0.3) is 0 Å². The van der Waals surface area contributed by atoms with Gasteiger partial charge in [0.05, 0.1) is 24.4 Å². The summed E-state index contributed by atoms with van der Waals surface area (Å²) in [6.07, 6.45) is -0.211. The highest BCUT2D eigenvalue weighted by molar-refractivity contribution is 5.81. The second kappa shape index (κ2) is 8.93. The predicted molar refractivity (Wildman–Crippen MR) is 84.8 cm³/mol. The molecule has 1 fully saturated rings. The summed E-state index contributed by atoms with van der Waals surface area (Å²) in [7, 11) is 0. The average molecular weight is 380 g/mol. The number of ether oxygens (including phenoxy) is 3. The SMILES string of the molecule is CC1CN(C(=O)CNc2ccc(OC(F)F)cc2OC(F)F)CC(C)O1. The predicted octanol–water partition coefficient (Wildman–Crippen LogP) is 2.94. The molecule has 6 nitrogen and oxygen atoms in total. The summed E-state index contributed by atoms with van der Waals surface area (Å²) in [4.78, 5) is 13.9. The quantitative estimate of drug-likeness (QED) is 0.737. The molecule has 0 saturated carbocycles. The lowest BCUT2D eigenvalue weighted by atomic mass is 10.2. The van der Waals surface area contributed by atoms with Gasteiger partial charge in [-0.25, -0.2) is 0 Å². The van der Waals surface area contributed by atoms with Gasteiger partial charge >= 0.3 is 13.2 Å². The third-order valence-electron chi connectivity index (χ3n) is 3.60. The van der Waals surface area contributed by atoms with Gasteiger partial charge in [-0.15, -0.1) is 0 Å². The molecule has 2 unspecified atom stereocenters. The second-order valence-corrected chi connectivity index (χ2v) is 5.82. The van der Waals surface area contributed by atoms with Crippen LogP contribution in [0.15, 0.2) is 18.2 Å². The lowest BCUT2D eigenvalue weighted by Gasteiger charge is -2.35. The van der Waals surface area contributed by atoms with Gasteiger partial charge in [0.15, 0.2) is 5.75 Å². The summed E-state index contributed by atoms with van der Waals surface area (Å²) >= 11 is 0. The van der Waals surface area contributed by atoms with E-state index in [-0.39, 0.29) is 36.1 Å². The van der Waals surface area contributed by atoms with E-state index in [1.165, 1.54) is 6.07 Å². The molecule has 2 rings (SSSR count). The summed E-state index contributed by atoms with van der Waals surface area (Å²) in [5.74, 6) is -0.971. The molecule has 1 aliphatic heterocycles. The Bertz CT molecular complexity index is 608. The molecule has 146 valence electrons. The molecule has 26 heavy (non-hydrogen) atoms. The highest BCUT2D eigenvalue weighted by Gasteiger charge is 2.25. The summed E-state index contributed by atoms with van der Waals surface area (Å²) < 4.78 is 63.6. The van der Waals surface area contributed by atoms with Crippen LogP contribution in [0.4, 0.5) is 23.2 Å². The van der Waals surface area contributed by atoms with E-state index < -0.39 is 19.0 Å². The number of benzene rings is 1. The number of hydrogen-bond donors (Lipinski definition) is 1. The van der Waals surface area contributed by atoms with Crippen molar-refractivity contribution >= 4 is 11.6 Å². The second-order valence-electron chi connectivity index (χ2n) is 5.82. The van der Waals surface area contributed by atoms with E-state index in [4.69, 9.17) is 4.74 Å². The van der Waals surface area contributed by atoms with E-state index >= 15 is 0 Å². The van der Waals surface area contributed by atoms with Crippen LogP contribution in [0, 0.1) is 0 Å². The van der Waals surface area contributed by atoms with Gasteiger partial charge in [0, 0.05) is 19.2 Å². The van der Waals surface area contributed by atoms with Crippen molar-refractivity contribution in [3.8, 4) is 11.5 Å². The van der Waals surface area contributed by atoms with Crippen LogP contribution in [0.5, 0.6) is 11.5 Å². The van der Waals surface area contributed by atoms with Gasteiger partial charge in [-0.1, -0.05) is 0 Å². The molecule has 1 amide bonds. The first-order valence-corrected chi connectivity index (χ1v) is 7.95. The number of hydrogen-bond acceptors (Lipinski definition) is 5. The van der Waals surface area contributed by atoms with E-state index in [1.807, 2.05) is 13.8 Å². The molecule has 10 heteroatoms. The number of nitrogens with one attached hydrogen (secondary N) is 1. The Morgan fingerprint density at radius 2 is 1.81 bits per heavy atom. The molecule has 2 atom stereocenters. The fourth-order valence-electron chi connectivity index (χ4n) is 2.68. The zero-order chi connectivity index (χ0) is 19.3. The third-order valence-corrected chi connectivity index (χ3v) is 3.60. The molecule has 1 aliphatic rings.